The smallest absolute Gasteiger partial charge is 0.328 e. The van der Waals surface area contributed by atoms with Gasteiger partial charge in [-0.3, -0.25) is 9.59 Å². The summed E-state index contributed by atoms with van der Waals surface area (Å²) in [7, 11) is 1.51. The minimum atomic E-state index is -1.18. The van der Waals surface area contributed by atoms with E-state index in [0.29, 0.717) is 30.3 Å². The zero-order chi connectivity index (χ0) is 19.3. The Bertz CT molecular complexity index is 686. The highest BCUT2D eigenvalue weighted by molar-refractivity contribution is 6.43. The highest BCUT2D eigenvalue weighted by atomic mass is 35.5. The van der Waals surface area contributed by atoms with Crippen LogP contribution in [0.1, 0.15) is 26.2 Å². The Hall–Kier alpha value is -2.19. The molecule has 0 saturated carbocycles. The molecule has 2 aliphatic rings. The maximum absolute atomic E-state index is 12.4. The minimum absolute atomic E-state index is 0.260. The Balaban J connectivity index is 1.94. The van der Waals surface area contributed by atoms with Crippen molar-refractivity contribution in [3.05, 3.63) is 22.9 Å². The average molecular weight is 384 g/mol. The van der Waals surface area contributed by atoms with Gasteiger partial charge in [-0.2, -0.15) is 0 Å². The van der Waals surface area contributed by atoms with Crippen LogP contribution < -0.4 is 5.32 Å². The molecule has 1 saturated heterocycles. The molecule has 0 aliphatic carbocycles. The molecule has 2 rings (SSSR count). The molecule has 0 radical (unpaired) electrons. The van der Waals surface area contributed by atoms with Crippen molar-refractivity contribution in [2.24, 2.45) is 4.99 Å². The number of nitrogens with one attached hydrogen (secondary N) is 1. The number of hydrogen-bond acceptors (Lipinski definition) is 5. The number of carbonyl (C=O) groups excluding carboxylic acids is 2. The number of carboxylic acid groups (broad SMARTS) is 1. The molecule has 0 aromatic carbocycles. The van der Waals surface area contributed by atoms with Crippen molar-refractivity contribution in [1.29, 1.82) is 0 Å². The van der Waals surface area contributed by atoms with E-state index in [-0.39, 0.29) is 18.5 Å². The highest BCUT2D eigenvalue weighted by Crippen LogP contribution is 2.25. The number of amides is 2. The van der Waals surface area contributed by atoms with Crippen molar-refractivity contribution < 1.29 is 24.2 Å². The van der Waals surface area contributed by atoms with Gasteiger partial charge in [0.2, 0.25) is 5.91 Å². The number of nitrogens with zero attached hydrogens (tertiary/aromatic N) is 2. The second kappa shape index (κ2) is 8.95. The number of methoxy groups -OCH3 is 1. The fourth-order valence-electron chi connectivity index (χ4n) is 2.93. The maximum atomic E-state index is 12.4. The van der Waals surface area contributed by atoms with E-state index in [4.69, 9.17) is 21.4 Å². The number of piperidine rings is 1. The molecular weight excluding hydrogens is 362 g/mol. The number of hydrogen-bond donors (Lipinski definition) is 2. The van der Waals surface area contributed by atoms with Crippen LogP contribution in [0.15, 0.2) is 27.9 Å². The van der Waals surface area contributed by atoms with Crippen molar-refractivity contribution >= 4 is 35.1 Å². The molecule has 142 valence electrons. The molecule has 2 aliphatic heterocycles. The van der Waals surface area contributed by atoms with Crippen molar-refractivity contribution in [2.75, 3.05) is 20.2 Å². The van der Waals surface area contributed by atoms with E-state index in [1.165, 1.54) is 12.0 Å². The molecule has 9 heteroatoms. The molecule has 2 atom stereocenters. The van der Waals surface area contributed by atoms with E-state index < -0.39 is 18.0 Å². The number of ether oxygens (including phenoxy) is 1. The third kappa shape index (κ3) is 4.92. The molecule has 2 heterocycles. The summed E-state index contributed by atoms with van der Waals surface area (Å²) in [6, 6.07) is -0.271. The summed E-state index contributed by atoms with van der Waals surface area (Å²) >= 11 is 6.02. The lowest BCUT2D eigenvalue weighted by molar-refractivity contribution is -0.133. The molecule has 0 aromatic rings. The minimum Gasteiger partial charge on any atom is -0.478 e. The van der Waals surface area contributed by atoms with Crippen molar-refractivity contribution in [2.45, 2.75) is 38.3 Å². The number of aliphatic carboxylic acids is 1. The van der Waals surface area contributed by atoms with E-state index in [1.807, 2.05) is 6.92 Å². The van der Waals surface area contributed by atoms with Gasteiger partial charge in [-0.05, 0) is 18.4 Å². The first-order valence-electron chi connectivity index (χ1n) is 8.34. The fourth-order valence-corrected chi connectivity index (χ4v) is 3.24. The summed E-state index contributed by atoms with van der Waals surface area (Å²) in [5, 5.41) is 11.9. The largest absolute Gasteiger partial charge is 0.478 e. The predicted molar refractivity (Wildman–Crippen MR) is 95.9 cm³/mol. The number of allylic oxidation sites excluding steroid dienone is 1. The summed E-state index contributed by atoms with van der Waals surface area (Å²) in [6.07, 6.45) is 3.09. The number of aliphatic imine (C=N–C) groups is 1. The van der Waals surface area contributed by atoms with Crippen LogP contribution in [0.5, 0.6) is 0 Å². The Labute approximate surface area is 156 Å². The van der Waals surface area contributed by atoms with Crippen LogP contribution in [-0.2, 0) is 19.1 Å². The standard InChI is InChI=1S/C17H22ClN3O5/c1-3-10-8-12(19-16(10)18)17(25)20-11-6-7-21(9-13(11)26-2)14(22)4-5-15(23)24/h4-5,11,13H,3,6-9H2,1-2H3,(H,20,25)(H,23,24)/b5-4+/t11-,13+/m1/s1. The number of carbonyl (C=O) groups is 3. The Morgan fingerprint density at radius 1 is 1.42 bits per heavy atom. The predicted octanol–water partition coefficient (Wildman–Crippen LogP) is 1.06. The average Bonchev–Trinajstić information content (AvgIpc) is 3.00. The number of rotatable bonds is 6. The van der Waals surface area contributed by atoms with Gasteiger partial charge in [0.15, 0.2) is 0 Å². The number of likely N-dealkylation sites (tertiary alicyclic amines) is 1. The van der Waals surface area contributed by atoms with Crippen LogP contribution >= 0.6 is 11.6 Å². The van der Waals surface area contributed by atoms with Crippen molar-refractivity contribution in [3.8, 4) is 0 Å². The van der Waals surface area contributed by atoms with Crippen molar-refractivity contribution in [1.82, 2.24) is 10.2 Å². The zero-order valence-electron chi connectivity index (χ0n) is 14.7. The Morgan fingerprint density at radius 3 is 2.73 bits per heavy atom. The van der Waals surface area contributed by atoms with Crippen molar-refractivity contribution in [3.63, 3.8) is 0 Å². The van der Waals surface area contributed by atoms with E-state index in [9.17, 15) is 14.4 Å². The van der Waals surface area contributed by atoms with Gasteiger partial charge in [-0.15, -0.1) is 0 Å². The van der Waals surface area contributed by atoms with Crippen LogP contribution in [0, 0.1) is 0 Å². The normalized spacial score (nSPS) is 23.3. The molecule has 8 nitrogen and oxygen atoms in total. The monoisotopic (exact) mass is 383 g/mol. The summed E-state index contributed by atoms with van der Waals surface area (Å²) in [5.41, 5.74) is 1.32. The van der Waals surface area contributed by atoms with Gasteiger partial charge >= 0.3 is 5.97 Å². The van der Waals surface area contributed by atoms with Gasteiger partial charge < -0.3 is 20.1 Å². The summed E-state index contributed by atoms with van der Waals surface area (Å²) in [6.45, 7) is 2.61. The third-order valence-corrected chi connectivity index (χ3v) is 4.80. The Kier molecular flexibility index (Phi) is 6.93. The van der Waals surface area contributed by atoms with E-state index in [0.717, 1.165) is 24.1 Å². The lowest BCUT2D eigenvalue weighted by Gasteiger charge is -2.37. The maximum Gasteiger partial charge on any atom is 0.328 e. The molecule has 2 amide bonds. The highest BCUT2D eigenvalue weighted by Gasteiger charge is 2.33. The van der Waals surface area contributed by atoms with E-state index in [1.54, 1.807) is 0 Å². The number of carboxylic acids is 1. The van der Waals surface area contributed by atoms with Crippen LogP contribution in [0.2, 0.25) is 0 Å². The molecule has 0 unspecified atom stereocenters. The van der Waals surface area contributed by atoms with Gasteiger partial charge in [0.1, 0.15) is 10.9 Å². The van der Waals surface area contributed by atoms with Gasteiger partial charge in [0.05, 0.1) is 12.1 Å². The summed E-state index contributed by atoms with van der Waals surface area (Å²) in [5.74, 6) is -1.87. The lowest BCUT2D eigenvalue weighted by atomic mass is 10.0. The third-order valence-electron chi connectivity index (χ3n) is 4.45. The van der Waals surface area contributed by atoms with Crippen LogP contribution in [0.4, 0.5) is 0 Å². The molecular formula is C17H22ClN3O5. The molecule has 2 N–H and O–H groups in total. The van der Waals surface area contributed by atoms with Gasteiger partial charge in [-0.25, -0.2) is 9.79 Å². The lowest BCUT2D eigenvalue weighted by Crippen LogP contribution is -2.56. The molecule has 26 heavy (non-hydrogen) atoms. The van der Waals surface area contributed by atoms with E-state index >= 15 is 0 Å². The topological polar surface area (TPSA) is 108 Å². The summed E-state index contributed by atoms with van der Waals surface area (Å²) < 4.78 is 5.41. The molecule has 1 fully saturated rings. The van der Waals surface area contributed by atoms with Gasteiger partial charge in [-0.1, -0.05) is 18.5 Å². The van der Waals surface area contributed by atoms with E-state index in [2.05, 4.69) is 10.3 Å². The fraction of sp³-hybridized carbons (Fsp3) is 0.529. The van der Waals surface area contributed by atoms with Gasteiger partial charge in [0.25, 0.3) is 5.91 Å². The Morgan fingerprint density at radius 2 is 2.15 bits per heavy atom. The SMILES string of the molecule is CCC1=C(Cl)N=C(C(=O)N[C@@H]2CCN(C(=O)/C=C/C(=O)O)C[C@@H]2OC)C1. The number of halogens is 1. The molecule has 0 bridgehead atoms. The first kappa shape index (κ1) is 20.1. The van der Waals surface area contributed by atoms with Crippen LogP contribution in [0.3, 0.4) is 0 Å². The van der Waals surface area contributed by atoms with Crippen LogP contribution in [0.25, 0.3) is 0 Å². The second-order valence-electron chi connectivity index (χ2n) is 6.08. The molecule has 0 spiro atoms. The van der Waals surface area contributed by atoms with Crippen LogP contribution in [-0.4, -0.2) is 65.8 Å². The summed E-state index contributed by atoms with van der Waals surface area (Å²) in [4.78, 5) is 40.6. The zero-order valence-corrected chi connectivity index (χ0v) is 15.5. The first-order valence-corrected chi connectivity index (χ1v) is 8.72. The second-order valence-corrected chi connectivity index (χ2v) is 6.44. The quantitative estimate of drug-likeness (QED) is 0.526. The van der Waals surface area contributed by atoms with Gasteiger partial charge in [0, 0.05) is 38.8 Å². The molecule has 0 aromatic heterocycles. The first-order chi connectivity index (χ1) is 12.3.